The first-order valence-corrected chi connectivity index (χ1v) is 17.8. The molecule has 0 saturated heterocycles. The number of fused-ring (bicyclic) bond motifs is 1. The molecular formula is C46H34N6. The second kappa shape index (κ2) is 13.9. The largest absolute Gasteiger partial charge is 0.208 e. The monoisotopic (exact) mass is 670 g/mol. The van der Waals surface area contributed by atoms with E-state index in [2.05, 4.69) is 97.1 Å². The lowest BCUT2D eigenvalue weighted by atomic mass is 9.94. The molecule has 0 radical (unpaired) electrons. The zero-order valence-corrected chi connectivity index (χ0v) is 28.5. The molecule has 0 amide bonds. The Labute approximate surface area is 302 Å². The van der Waals surface area contributed by atoms with Crippen molar-refractivity contribution in [2.24, 2.45) is 0 Å². The Morgan fingerprint density at radius 3 is 1.46 bits per heavy atom. The van der Waals surface area contributed by atoms with Crippen LogP contribution in [0.1, 0.15) is 37.3 Å². The fraction of sp³-hybridized carbons (Fsp3) is 0.0870. The third kappa shape index (κ3) is 6.27. The first-order chi connectivity index (χ1) is 25.8. The minimum Gasteiger partial charge on any atom is -0.208 e. The summed E-state index contributed by atoms with van der Waals surface area (Å²) in [4.78, 5) is 30.6. The molecule has 2 aliphatic carbocycles. The second-order valence-corrected chi connectivity index (χ2v) is 12.9. The van der Waals surface area contributed by atoms with E-state index in [9.17, 15) is 0 Å². The van der Waals surface area contributed by atoms with E-state index < -0.39 is 0 Å². The van der Waals surface area contributed by atoms with Gasteiger partial charge in [0, 0.05) is 33.4 Å². The summed E-state index contributed by atoms with van der Waals surface area (Å²) in [6.07, 6.45) is 16.9. The van der Waals surface area contributed by atoms with Gasteiger partial charge in [0.2, 0.25) is 0 Å². The first-order valence-electron chi connectivity index (χ1n) is 17.8. The molecule has 0 N–H and O–H groups in total. The van der Waals surface area contributed by atoms with Crippen molar-refractivity contribution in [1.82, 2.24) is 29.9 Å². The highest BCUT2D eigenvalue weighted by atomic mass is 15.1. The van der Waals surface area contributed by atoms with Gasteiger partial charge in [0.25, 0.3) is 0 Å². The van der Waals surface area contributed by atoms with E-state index in [4.69, 9.17) is 29.9 Å². The molecule has 0 spiro atoms. The summed E-state index contributed by atoms with van der Waals surface area (Å²) in [7, 11) is 0. The number of allylic oxidation sites excluding steroid dienone is 8. The number of rotatable bonds is 7. The van der Waals surface area contributed by atoms with Crippen LogP contribution in [-0.4, -0.2) is 29.9 Å². The van der Waals surface area contributed by atoms with Crippen LogP contribution in [0.3, 0.4) is 0 Å². The predicted molar refractivity (Wildman–Crippen MR) is 211 cm³/mol. The van der Waals surface area contributed by atoms with Gasteiger partial charge in [-0.05, 0) is 59.7 Å². The van der Waals surface area contributed by atoms with Gasteiger partial charge in [-0.1, -0.05) is 146 Å². The van der Waals surface area contributed by atoms with Crippen molar-refractivity contribution < 1.29 is 0 Å². The molecule has 6 nitrogen and oxygen atoms in total. The maximum atomic E-state index is 5.19. The van der Waals surface area contributed by atoms with Crippen molar-refractivity contribution >= 4 is 21.9 Å². The van der Waals surface area contributed by atoms with Gasteiger partial charge < -0.3 is 0 Å². The molecule has 0 unspecified atom stereocenters. The van der Waals surface area contributed by atoms with Crippen molar-refractivity contribution in [3.05, 3.63) is 169 Å². The lowest BCUT2D eigenvalue weighted by molar-refractivity contribution is 0.999. The van der Waals surface area contributed by atoms with E-state index in [0.717, 1.165) is 70.2 Å². The highest BCUT2D eigenvalue weighted by Gasteiger charge is 2.21. The Kier molecular flexibility index (Phi) is 8.39. The van der Waals surface area contributed by atoms with Crippen molar-refractivity contribution in [3.63, 3.8) is 0 Å². The van der Waals surface area contributed by atoms with Crippen molar-refractivity contribution in [1.29, 1.82) is 0 Å². The smallest absolute Gasteiger partial charge is 0.164 e. The second-order valence-electron chi connectivity index (χ2n) is 12.9. The SMILES string of the molecule is C1=CC(c2nc(-c3ccccc3)nc(-c3ccc(-c4cccc5ccccc45)cc3-c3nc(C4=CCCC=C4)nc(-c4ccccc4)n3)n2)=CCC1. The van der Waals surface area contributed by atoms with E-state index in [1.54, 1.807) is 0 Å². The number of benzene rings is 5. The summed E-state index contributed by atoms with van der Waals surface area (Å²) < 4.78 is 0. The topological polar surface area (TPSA) is 77.3 Å². The Morgan fingerprint density at radius 1 is 0.346 bits per heavy atom. The van der Waals surface area contributed by atoms with Crippen LogP contribution in [0.15, 0.2) is 158 Å². The summed E-state index contributed by atoms with van der Waals surface area (Å²) >= 11 is 0. The van der Waals surface area contributed by atoms with Crippen molar-refractivity contribution in [2.75, 3.05) is 0 Å². The van der Waals surface area contributed by atoms with Gasteiger partial charge >= 0.3 is 0 Å². The minimum absolute atomic E-state index is 0.556. The van der Waals surface area contributed by atoms with Crippen LogP contribution in [0.25, 0.3) is 78.6 Å². The number of aromatic nitrogens is 6. The van der Waals surface area contributed by atoms with E-state index in [0.29, 0.717) is 34.9 Å². The lowest BCUT2D eigenvalue weighted by Gasteiger charge is -2.16. The summed E-state index contributed by atoms with van der Waals surface area (Å²) in [6.45, 7) is 0. The van der Waals surface area contributed by atoms with Crippen LogP contribution in [0, 0.1) is 0 Å². The maximum Gasteiger partial charge on any atom is 0.164 e. The fourth-order valence-corrected chi connectivity index (χ4v) is 6.81. The third-order valence-corrected chi connectivity index (χ3v) is 9.44. The summed E-state index contributed by atoms with van der Waals surface area (Å²) in [6, 6.07) is 41.5. The predicted octanol–water partition coefficient (Wildman–Crippen LogP) is 11.0. The van der Waals surface area contributed by atoms with Crippen LogP contribution in [-0.2, 0) is 0 Å². The maximum absolute atomic E-state index is 5.19. The van der Waals surface area contributed by atoms with E-state index in [1.165, 1.54) is 10.8 Å². The minimum atomic E-state index is 0.556. The summed E-state index contributed by atoms with van der Waals surface area (Å²) in [5, 5.41) is 2.35. The molecular weight excluding hydrogens is 637 g/mol. The number of hydrogen-bond donors (Lipinski definition) is 0. The number of nitrogens with zero attached hydrogens (tertiary/aromatic N) is 6. The molecule has 0 atom stereocenters. The lowest BCUT2D eigenvalue weighted by Crippen LogP contribution is -2.06. The Hall–Kier alpha value is -6.66. The molecule has 52 heavy (non-hydrogen) atoms. The van der Waals surface area contributed by atoms with Gasteiger partial charge in [-0.25, -0.2) is 29.9 Å². The Morgan fingerprint density at radius 2 is 0.865 bits per heavy atom. The molecule has 2 heterocycles. The standard InChI is InChI=1S/C46H34N6/c1-5-17-32(18-6-1)41-47-42(33-19-7-2-8-20-33)50-45(49-41)39-29-28-36(38-27-15-25-31-16-13-14-26-37(31)38)30-40(39)46-51-43(34-21-9-3-10-22-34)48-44(52-46)35-23-11-4-12-24-35/h1,3,5-7,9-11,13-30H,2,4,8,12H2. The van der Waals surface area contributed by atoms with Gasteiger partial charge in [0.1, 0.15) is 0 Å². The van der Waals surface area contributed by atoms with Gasteiger partial charge in [-0.2, -0.15) is 0 Å². The Bertz CT molecular complexity index is 2560. The van der Waals surface area contributed by atoms with Gasteiger partial charge in [0.15, 0.2) is 34.9 Å². The van der Waals surface area contributed by atoms with Gasteiger partial charge in [-0.3, -0.25) is 0 Å². The molecule has 9 rings (SSSR count). The third-order valence-electron chi connectivity index (χ3n) is 9.44. The molecule has 6 heteroatoms. The normalized spacial score (nSPS) is 13.9. The van der Waals surface area contributed by atoms with E-state index in [1.807, 2.05) is 60.7 Å². The quantitative estimate of drug-likeness (QED) is 0.168. The molecule has 2 aromatic heterocycles. The van der Waals surface area contributed by atoms with E-state index in [-0.39, 0.29) is 0 Å². The highest BCUT2D eigenvalue weighted by molar-refractivity contribution is 5.98. The van der Waals surface area contributed by atoms with Gasteiger partial charge in [0.05, 0.1) is 0 Å². The van der Waals surface area contributed by atoms with Crippen LogP contribution in [0.5, 0.6) is 0 Å². The van der Waals surface area contributed by atoms with Crippen LogP contribution < -0.4 is 0 Å². The molecule has 0 fully saturated rings. The molecule has 0 aliphatic heterocycles. The summed E-state index contributed by atoms with van der Waals surface area (Å²) in [5.74, 6) is 3.62. The Balaban J connectivity index is 1.32. The van der Waals surface area contributed by atoms with Crippen LogP contribution in [0.2, 0.25) is 0 Å². The molecule has 5 aromatic carbocycles. The van der Waals surface area contributed by atoms with Crippen LogP contribution in [0.4, 0.5) is 0 Å². The zero-order chi connectivity index (χ0) is 34.7. The van der Waals surface area contributed by atoms with E-state index >= 15 is 0 Å². The highest BCUT2D eigenvalue weighted by Crippen LogP contribution is 2.38. The fourth-order valence-electron chi connectivity index (χ4n) is 6.81. The molecule has 0 saturated carbocycles. The molecule has 248 valence electrons. The zero-order valence-electron chi connectivity index (χ0n) is 28.5. The average Bonchev–Trinajstić information content (AvgIpc) is 3.24. The van der Waals surface area contributed by atoms with Crippen molar-refractivity contribution in [2.45, 2.75) is 25.7 Å². The first kappa shape index (κ1) is 31.3. The van der Waals surface area contributed by atoms with Crippen LogP contribution >= 0.6 is 0 Å². The van der Waals surface area contributed by atoms with Gasteiger partial charge in [-0.15, -0.1) is 0 Å². The summed E-state index contributed by atoms with van der Waals surface area (Å²) in [5.41, 5.74) is 7.63. The van der Waals surface area contributed by atoms with Crippen molar-refractivity contribution in [3.8, 4) is 56.7 Å². The molecule has 0 bridgehead atoms. The average molecular weight is 671 g/mol. The molecule has 7 aromatic rings. The number of hydrogen-bond acceptors (Lipinski definition) is 6. The molecule has 2 aliphatic rings.